The molecule has 6 nitrogen and oxygen atoms in total. The standard InChI is InChI=1S/C24H24N4O2/c1-16-26-21-15-20(18-11-6-3-7-12-18)28-22(21)23(27-16)25-14-8-13-19(24(29)30)17-9-4-2-5-10-17/h2-7,9-12,15,19,25H,8,13-14H2,1H3,(H,26,27)(H,29,30). The second kappa shape index (κ2) is 8.78. The second-order valence-electron chi connectivity index (χ2n) is 7.31. The minimum Gasteiger partial charge on any atom is -0.481 e. The van der Waals surface area contributed by atoms with Gasteiger partial charge in [0.2, 0.25) is 0 Å². The Hall–Kier alpha value is -3.67. The van der Waals surface area contributed by atoms with Gasteiger partial charge in [0.1, 0.15) is 11.5 Å². The molecule has 2 aliphatic rings. The molecule has 0 spiro atoms. The Morgan fingerprint density at radius 2 is 1.77 bits per heavy atom. The lowest BCUT2D eigenvalue weighted by molar-refractivity contribution is -0.139. The molecule has 2 aliphatic heterocycles. The molecule has 0 bridgehead atoms. The van der Waals surface area contributed by atoms with E-state index in [2.05, 4.69) is 15.3 Å². The van der Waals surface area contributed by atoms with Crippen LogP contribution in [0, 0.1) is 6.92 Å². The third-order valence-corrected chi connectivity index (χ3v) is 5.12. The molecule has 2 aromatic carbocycles. The molecule has 1 atom stereocenters. The Balaban J connectivity index is 1.46. The Labute approximate surface area is 175 Å². The van der Waals surface area contributed by atoms with Crippen LogP contribution in [-0.2, 0) is 4.79 Å². The number of carbonyl (C=O) groups is 1. The maximum Gasteiger partial charge on any atom is 0.310 e. The highest BCUT2D eigenvalue weighted by Gasteiger charge is 2.20. The summed E-state index contributed by atoms with van der Waals surface area (Å²) >= 11 is 0. The molecular weight excluding hydrogens is 376 g/mol. The number of benzene rings is 2. The summed E-state index contributed by atoms with van der Waals surface area (Å²) in [5.74, 6) is 0.213. The topological polar surface area (TPSA) is 90.9 Å². The monoisotopic (exact) mass is 400 g/mol. The molecule has 4 rings (SSSR count). The van der Waals surface area contributed by atoms with E-state index in [-0.39, 0.29) is 0 Å². The number of aromatic amines is 1. The van der Waals surface area contributed by atoms with Crippen molar-refractivity contribution in [3.05, 3.63) is 78.1 Å². The number of nitrogens with one attached hydrogen (secondary N) is 2. The van der Waals surface area contributed by atoms with Crippen LogP contribution in [0.5, 0.6) is 0 Å². The fourth-order valence-electron chi connectivity index (χ4n) is 3.65. The number of aromatic nitrogens is 3. The smallest absolute Gasteiger partial charge is 0.310 e. The van der Waals surface area contributed by atoms with Crippen molar-refractivity contribution in [1.29, 1.82) is 0 Å². The fourth-order valence-corrected chi connectivity index (χ4v) is 3.65. The molecule has 1 unspecified atom stereocenters. The number of anilines is 1. The first kappa shape index (κ1) is 19.6. The fraction of sp³-hybridized carbons (Fsp3) is 0.208. The second-order valence-corrected chi connectivity index (χ2v) is 7.31. The molecule has 2 heterocycles. The Morgan fingerprint density at radius 3 is 2.47 bits per heavy atom. The van der Waals surface area contributed by atoms with E-state index in [1.807, 2.05) is 73.7 Å². The number of aryl methyl sites for hydroxylation is 1. The normalized spacial score (nSPS) is 12.0. The average Bonchev–Trinajstić information content (AvgIpc) is 3.18. The highest BCUT2D eigenvalue weighted by Crippen LogP contribution is 2.32. The predicted octanol–water partition coefficient (Wildman–Crippen LogP) is 4.95. The molecule has 0 saturated heterocycles. The summed E-state index contributed by atoms with van der Waals surface area (Å²) in [4.78, 5) is 24.3. The van der Waals surface area contributed by atoms with Gasteiger partial charge in [-0.2, -0.15) is 0 Å². The molecule has 152 valence electrons. The first-order valence-electron chi connectivity index (χ1n) is 10.1. The van der Waals surface area contributed by atoms with Crippen LogP contribution in [0.25, 0.3) is 22.6 Å². The van der Waals surface area contributed by atoms with E-state index in [0.717, 1.165) is 39.9 Å². The summed E-state index contributed by atoms with van der Waals surface area (Å²) < 4.78 is 0. The van der Waals surface area contributed by atoms with Crippen molar-refractivity contribution in [2.75, 3.05) is 11.9 Å². The van der Waals surface area contributed by atoms with Crippen LogP contribution in [0.3, 0.4) is 0 Å². The first-order valence-corrected chi connectivity index (χ1v) is 10.1. The zero-order chi connectivity index (χ0) is 20.9. The van der Waals surface area contributed by atoms with Crippen LogP contribution >= 0.6 is 0 Å². The van der Waals surface area contributed by atoms with E-state index in [9.17, 15) is 9.90 Å². The summed E-state index contributed by atoms with van der Waals surface area (Å²) in [6.45, 7) is 2.53. The van der Waals surface area contributed by atoms with E-state index >= 15 is 0 Å². The zero-order valence-corrected chi connectivity index (χ0v) is 16.8. The van der Waals surface area contributed by atoms with Gasteiger partial charge in [-0.25, -0.2) is 9.97 Å². The van der Waals surface area contributed by atoms with Gasteiger partial charge in [-0.3, -0.25) is 4.79 Å². The lowest BCUT2D eigenvalue weighted by Crippen LogP contribution is -2.14. The van der Waals surface area contributed by atoms with Gasteiger partial charge in [0.05, 0.1) is 17.3 Å². The quantitative estimate of drug-likeness (QED) is 0.364. The van der Waals surface area contributed by atoms with Crippen LogP contribution in [0.4, 0.5) is 5.82 Å². The molecule has 0 fully saturated rings. The number of H-pyrrole nitrogens is 1. The van der Waals surface area contributed by atoms with Crippen LogP contribution in [0.2, 0.25) is 0 Å². The Morgan fingerprint density at radius 1 is 1.07 bits per heavy atom. The lowest BCUT2D eigenvalue weighted by atomic mass is 9.94. The van der Waals surface area contributed by atoms with Crippen LogP contribution < -0.4 is 5.32 Å². The van der Waals surface area contributed by atoms with E-state index in [0.29, 0.717) is 19.4 Å². The maximum atomic E-state index is 11.7. The van der Waals surface area contributed by atoms with Gasteiger partial charge < -0.3 is 15.4 Å². The number of fused-ring (bicyclic) bond motifs is 1. The summed E-state index contributed by atoms with van der Waals surface area (Å²) in [5.41, 5.74) is 4.50. The molecule has 2 aromatic rings. The van der Waals surface area contributed by atoms with Crippen molar-refractivity contribution >= 4 is 11.8 Å². The van der Waals surface area contributed by atoms with Gasteiger partial charge in [0, 0.05) is 12.1 Å². The third-order valence-electron chi connectivity index (χ3n) is 5.12. The van der Waals surface area contributed by atoms with Gasteiger partial charge in [0.15, 0.2) is 5.82 Å². The van der Waals surface area contributed by atoms with E-state index in [1.54, 1.807) is 0 Å². The lowest BCUT2D eigenvalue weighted by Gasteiger charge is -2.14. The third kappa shape index (κ3) is 4.33. The van der Waals surface area contributed by atoms with Crippen molar-refractivity contribution < 1.29 is 9.90 Å². The predicted molar refractivity (Wildman–Crippen MR) is 118 cm³/mol. The summed E-state index contributed by atoms with van der Waals surface area (Å²) in [7, 11) is 0. The SMILES string of the molecule is Cc1nc(NCCCC(C(=O)O)c2ccccc2)c2nc(-c3ccccc3)cc-2[nH]1. The highest BCUT2D eigenvalue weighted by atomic mass is 16.4. The number of aliphatic carboxylic acids is 1. The molecule has 0 radical (unpaired) electrons. The van der Waals surface area contributed by atoms with E-state index < -0.39 is 11.9 Å². The van der Waals surface area contributed by atoms with Crippen molar-refractivity contribution in [3.63, 3.8) is 0 Å². The molecule has 6 heteroatoms. The van der Waals surface area contributed by atoms with Crippen molar-refractivity contribution in [1.82, 2.24) is 15.0 Å². The largest absolute Gasteiger partial charge is 0.481 e. The summed E-state index contributed by atoms with van der Waals surface area (Å²) in [5, 5.41) is 12.9. The molecule has 0 saturated carbocycles. The number of nitrogens with zero attached hydrogens (tertiary/aromatic N) is 2. The Bertz CT molecular complexity index is 1090. The molecule has 30 heavy (non-hydrogen) atoms. The first-order chi connectivity index (χ1) is 14.6. The molecule has 0 amide bonds. The summed E-state index contributed by atoms with van der Waals surface area (Å²) in [6, 6.07) is 21.4. The average molecular weight is 400 g/mol. The Kier molecular flexibility index (Phi) is 5.75. The van der Waals surface area contributed by atoms with Crippen LogP contribution in [0.15, 0.2) is 66.7 Å². The van der Waals surface area contributed by atoms with Crippen molar-refractivity contribution in [2.45, 2.75) is 25.7 Å². The van der Waals surface area contributed by atoms with Crippen LogP contribution in [0.1, 0.15) is 30.1 Å². The van der Waals surface area contributed by atoms with Crippen molar-refractivity contribution in [2.24, 2.45) is 0 Å². The van der Waals surface area contributed by atoms with Gasteiger partial charge in [-0.15, -0.1) is 0 Å². The number of hydrogen-bond acceptors (Lipinski definition) is 4. The number of hydrogen-bond donors (Lipinski definition) is 3. The van der Waals surface area contributed by atoms with Gasteiger partial charge in [-0.1, -0.05) is 60.7 Å². The number of carboxylic acid groups (broad SMARTS) is 1. The highest BCUT2D eigenvalue weighted by molar-refractivity contribution is 5.78. The minimum absolute atomic E-state index is 0.506. The molecule has 0 aromatic heterocycles. The summed E-state index contributed by atoms with van der Waals surface area (Å²) in [6.07, 6.45) is 1.26. The molecule has 3 N–H and O–H groups in total. The molecule has 0 aliphatic carbocycles. The van der Waals surface area contributed by atoms with Gasteiger partial charge in [0.25, 0.3) is 0 Å². The van der Waals surface area contributed by atoms with E-state index in [4.69, 9.17) is 4.98 Å². The van der Waals surface area contributed by atoms with Crippen molar-refractivity contribution in [3.8, 4) is 22.6 Å². The van der Waals surface area contributed by atoms with Gasteiger partial charge >= 0.3 is 5.97 Å². The maximum absolute atomic E-state index is 11.7. The number of rotatable bonds is 8. The minimum atomic E-state index is -0.794. The van der Waals surface area contributed by atoms with E-state index in [1.165, 1.54) is 0 Å². The van der Waals surface area contributed by atoms with Crippen LogP contribution in [-0.4, -0.2) is 32.6 Å². The molecular formula is C24H24N4O2. The van der Waals surface area contributed by atoms with Gasteiger partial charge in [-0.05, 0) is 31.4 Å². The zero-order valence-electron chi connectivity index (χ0n) is 16.8. The number of carboxylic acids is 1.